The third-order valence-electron chi connectivity index (χ3n) is 4.85. The second-order valence-corrected chi connectivity index (χ2v) is 8.41. The van der Waals surface area contributed by atoms with Crippen molar-refractivity contribution < 1.29 is 13.2 Å². The van der Waals surface area contributed by atoms with Gasteiger partial charge in [0.2, 0.25) is 10.0 Å². The van der Waals surface area contributed by atoms with E-state index < -0.39 is 10.0 Å². The highest BCUT2D eigenvalue weighted by molar-refractivity contribution is 7.89. The van der Waals surface area contributed by atoms with Crippen LogP contribution in [-0.4, -0.2) is 26.9 Å². The van der Waals surface area contributed by atoms with Gasteiger partial charge < -0.3 is 4.74 Å². The largest absolute Gasteiger partial charge is 0.378 e. The maximum absolute atomic E-state index is 11.6. The summed E-state index contributed by atoms with van der Waals surface area (Å²) in [5.74, 6) is 0.0900. The van der Waals surface area contributed by atoms with Crippen molar-refractivity contribution in [3.8, 4) is 0 Å². The van der Waals surface area contributed by atoms with Gasteiger partial charge in [-0.05, 0) is 25.7 Å². The molecule has 20 heavy (non-hydrogen) atoms. The molecule has 0 aliphatic heterocycles. The van der Waals surface area contributed by atoms with Crippen LogP contribution in [0.25, 0.3) is 0 Å². The van der Waals surface area contributed by atoms with Crippen LogP contribution in [0.4, 0.5) is 0 Å². The lowest BCUT2D eigenvalue weighted by atomic mass is 9.83. The summed E-state index contributed by atoms with van der Waals surface area (Å²) >= 11 is 0. The third kappa shape index (κ3) is 5.34. The Labute approximate surface area is 123 Å². The zero-order chi connectivity index (χ0) is 14.5. The highest BCUT2D eigenvalue weighted by Crippen LogP contribution is 2.37. The topological polar surface area (TPSA) is 69.4 Å². The van der Waals surface area contributed by atoms with Crippen LogP contribution in [0.1, 0.15) is 70.6 Å². The Kier molecular flexibility index (Phi) is 5.87. The Morgan fingerprint density at radius 1 is 0.950 bits per heavy atom. The molecule has 0 aromatic heterocycles. The summed E-state index contributed by atoms with van der Waals surface area (Å²) < 4.78 is 29.3. The fourth-order valence-corrected chi connectivity index (χ4v) is 4.99. The standard InChI is InChI=1S/C15H29NO3S/c16-20(17,18)13-15(10-6-1-2-7-11-15)12-19-14-8-4-3-5-9-14/h14H,1-13H2,(H2,16,17,18). The van der Waals surface area contributed by atoms with Gasteiger partial charge in [0.05, 0.1) is 18.5 Å². The van der Waals surface area contributed by atoms with Crippen LogP contribution in [0.3, 0.4) is 0 Å². The molecule has 118 valence electrons. The molecule has 0 aromatic carbocycles. The van der Waals surface area contributed by atoms with Crippen LogP contribution < -0.4 is 5.14 Å². The van der Waals surface area contributed by atoms with Gasteiger partial charge in [-0.3, -0.25) is 0 Å². The van der Waals surface area contributed by atoms with E-state index in [1.165, 1.54) is 32.1 Å². The average molecular weight is 303 g/mol. The summed E-state index contributed by atoms with van der Waals surface area (Å²) in [6, 6.07) is 0. The first-order chi connectivity index (χ1) is 9.49. The summed E-state index contributed by atoms with van der Waals surface area (Å²) in [5.41, 5.74) is -0.235. The van der Waals surface area contributed by atoms with Crippen molar-refractivity contribution in [3.63, 3.8) is 0 Å². The highest BCUT2D eigenvalue weighted by Gasteiger charge is 2.36. The summed E-state index contributed by atoms with van der Waals surface area (Å²) in [4.78, 5) is 0. The molecule has 0 radical (unpaired) electrons. The van der Waals surface area contributed by atoms with Gasteiger partial charge in [-0.25, -0.2) is 13.6 Å². The molecular weight excluding hydrogens is 274 g/mol. The lowest BCUT2D eigenvalue weighted by Crippen LogP contribution is -2.38. The lowest BCUT2D eigenvalue weighted by Gasteiger charge is -2.34. The molecule has 2 N–H and O–H groups in total. The maximum atomic E-state index is 11.6. The number of nitrogens with two attached hydrogens (primary N) is 1. The van der Waals surface area contributed by atoms with Crippen molar-refractivity contribution in [1.29, 1.82) is 0 Å². The average Bonchev–Trinajstić information content (AvgIpc) is 2.62. The second-order valence-electron chi connectivity index (χ2n) is 6.79. The molecule has 2 fully saturated rings. The van der Waals surface area contributed by atoms with Gasteiger partial charge in [0, 0.05) is 5.41 Å². The van der Waals surface area contributed by atoms with Crippen molar-refractivity contribution in [2.24, 2.45) is 10.6 Å². The zero-order valence-electron chi connectivity index (χ0n) is 12.5. The van der Waals surface area contributed by atoms with Crippen LogP contribution in [0.2, 0.25) is 0 Å². The van der Waals surface area contributed by atoms with E-state index in [0.29, 0.717) is 12.7 Å². The van der Waals surface area contributed by atoms with Crippen molar-refractivity contribution in [3.05, 3.63) is 0 Å². The van der Waals surface area contributed by atoms with Crippen LogP contribution in [0.15, 0.2) is 0 Å². The van der Waals surface area contributed by atoms with Gasteiger partial charge in [-0.2, -0.15) is 0 Å². The zero-order valence-corrected chi connectivity index (χ0v) is 13.3. The molecule has 0 aromatic rings. The Morgan fingerprint density at radius 3 is 2.05 bits per heavy atom. The SMILES string of the molecule is NS(=O)(=O)CC1(COC2CCCCC2)CCCCCC1. The number of hydrogen-bond donors (Lipinski definition) is 1. The molecule has 0 bridgehead atoms. The van der Waals surface area contributed by atoms with Gasteiger partial charge >= 0.3 is 0 Å². The van der Waals surface area contributed by atoms with E-state index >= 15 is 0 Å². The molecule has 2 aliphatic rings. The predicted octanol–water partition coefficient (Wildman–Crippen LogP) is 2.96. The quantitative estimate of drug-likeness (QED) is 0.794. The maximum Gasteiger partial charge on any atom is 0.209 e. The number of primary sulfonamides is 1. The molecule has 0 heterocycles. The van der Waals surface area contributed by atoms with Crippen LogP contribution in [0, 0.1) is 5.41 Å². The Hall–Kier alpha value is -0.130. The fourth-order valence-electron chi connectivity index (χ4n) is 3.76. The molecule has 5 heteroatoms. The minimum Gasteiger partial charge on any atom is -0.378 e. The van der Waals surface area contributed by atoms with Gasteiger partial charge in [0.15, 0.2) is 0 Å². The molecule has 0 amide bonds. The third-order valence-corrected chi connectivity index (χ3v) is 5.86. The Bertz CT molecular complexity index is 380. The minimum absolute atomic E-state index is 0.0900. The van der Waals surface area contributed by atoms with Crippen LogP contribution in [-0.2, 0) is 14.8 Å². The predicted molar refractivity (Wildman–Crippen MR) is 80.9 cm³/mol. The van der Waals surface area contributed by atoms with Gasteiger partial charge in [-0.15, -0.1) is 0 Å². The second kappa shape index (κ2) is 7.23. The Balaban J connectivity index is 1.97. The summed E-state index contributed by atoms with van der Waals surface area (Å²) in [5, 5.41) is 5.33. The van der Waals surface area contributed by atoms with E-state index in [-0.39, 0.29) is 11.2 Å². The molecule has 2 rings (SSSR count). The molecule has 4 nitrogen and oxygen atoms in total. The molecule has 2 saturated carbocycles. The van der Waals surface area contributed by atoms with Crippen molar-refractivity contribution in [2.75, 3.05) is 12.4 Å². The summed E-state index contributed by atoms with van der Waals surface area (Å²) in [7, 11) is -3.43. The van der Waals surface area contributed by atoms with E-state index in [2.05, 4.69) is 0 Å². The van der Waals surface area contributed by atoms with Crippen molar-refractivity contribution in [1.82, 2.24) is 0 Å². The highest BCUT2D eigenvalue weighted by atomic mass is 32.2. The summed E-state index contributed by atoms with van der Waals surface area (Å²) in [6.07, 6.45) is 12.9. The molecular formula is C15H29NO3S. The number of sulfonamides is 1. The molecule has 0 atom stereocenters. The first-order valence-electron chi connectivity index (χ1n) is 8.11. The van der Waals surface area contributed by atoms with Crippen molar-refractivity contribution in [2.45, 2.75) is 76.7 Å². The smallest absolute Gasteiger partial charge is 0.209 e. The fraction of sp³-hybridized carbons (Fsp3) is 1.00. The summed E-state index contributed by atoms with van der Waals surface area (Å²) in [6.45, 7) is 0.577. The van der Waals surface area contributed by atoms with E-state index in [0.717, 1.165) is 38.5 Å². The van der Waals surface area contributed by atoms with E-state index in [1.807, 2.05) is 0 Å². The molecule has 0 spiro atoms. The molecule has 2 aliphatic carbocycles. The first kappa shape index (κ1) is 16.2. The molecule has 0 saturated heterocycles. The van der Waals surface area contributed by atoms with Crippen LogP contribution >= 0.6 is 0 Å². The number of ether oxygens (including phenoxy) is 1. The van der Waals surface area contributed by atoms with Crippen molar-refractivity contribution >= 4 is 10.0 Å². The Morgan fingerprint density at radius 2 is 1.50 bits per heavy atom. The normalized spacial score (nSPS) is 25.2. The number of rotatable bonds is 5. The van der Waals surface area contributed by atoms with E-state index in [4.69, 9.17) is 9.88 Å². The van der Waals surface area contributed by atoms with Gasteiger partial charge in [-0.1, -0.05) is 44.9 Å². The van der Waals surface area contributed by atoms with E-state index in [9.17, 15) is 8.42 Å². The van der Waals surface area contributed by atoms with Gasteiger partial charge in [0.1, 0.15) is 0 Å². The van der Waals surface area contributed by atoms with E-state index in [1.54, 1.807) is 0 Å². The lowest BCUT2D eigenvalue weighted by molar-refractivity contribution is -0.0238. The number of hydrogen-bond acceptors (Lipinski definition) is 3. The molecule has 0 unspecified atom stereocenters. The first-order valence-corrected chi connectivity index (χ1v) is 9.83. The van der Waals surface area contributed by atoms with Crippen LogP contribution in [0.5, 0.6) is 0 Å². The monoisotopic (exact) mass is 303 g/mol. The minimum atomic E-state index is -3.43. The van der Waals surface area contributed by atoms with Gasteiger partial charge in [0.25, 0.3) is 0 Å².